The van der Waals surface area contributed by atoms with Crippen molar-refractivity contribution in [3.8, 4) is 6.07 Å². The molecule has 212 valence electrons. The van der Waals surface area contributed by atoms with Gasteiger partial charge in [0.15, 0.2) is 5.82 Å². The summed E-state index contributed by atoms with van der Waals surface area (Å²) in [5.74, 6) is 0.679. The molecule has 0 spiro atoms. The second-order valence-corrected chi connectivity index (χ2v) is 13.1. The van der Waals surface area contributed by atoms with Crippen molar-refractivity contribution < 1.29 is 8.42 Å². The first-order chi connectivity index (χ1) is 19.7. The summed E-state index contributed by atoms with van der Waals surface area (Å²) < 4.78 is 33.0. The van der Waals surface area contributed by atoms with Gasteiger partial charge in [0.05, 0.1) is 5.56 Å². The second-order valence-electron chi connectivity index (χ2n) is 10.4. The van der Waals surface area contributed by atoms with E-state index in [1.807, 2.05) is 51.4 Å². The minimum atomic E-state index is -3.79. The van der Waals surface area contributed by atoms with Crippen molar-refractivity contribution in [2.24, 2.45) is 0 Å². The molecule has 1 aliphatic heterocycles. The number of rotatable bonds is 8. The van der Waals surface area contributed by atoms with Crippen molar-refractivity contribution in [3.05, 3.63) is 94.8 Å². The van der Waals surface area contributed by atoms with Gasteiger partial charge in [-0.05, 0) is 66.4 Å². The van der Waals surface area contributed by atoms with Crippen LogP contribution in [0.25, 0.3) is 0 Å². The highest BCUT2D eigenvalue weighted by molar-refractivity contribution is 7.89. The number of nitriles is 1. The van der Waals surface area contributed by atoms with E-state index in [1.165, 1.54) is 21.4 Å². The SMILES string of the molecule is Cc1ccc(C#N)c(S(=O)(=O)N2CCN(c3nc(C(Cc4ccc(N(C)C)cc4)c4ccc(N)cc4)ns3)CC2)c1. The van der Waals surface area contributed by atoms with Gasteiger partial charge in [-0.2, -0.15) is 13.9 Å². The zero-order valence-electron chi connectivity index (χ0n) is 23.4. The molecule has 3 aromatic carbocycles. The van der Waals surface area contributed by atoms with Gasteiger partial charge in [0.1, 0.15) is 11.0 Å². The fourth-order valence-electron chi connectivity index (χ4n) is 4.94. The highest BCUT2D eigenvalue weighted by atomic mass is 32.2. The smallest absolute Gasteiger partial charge is 0.244 e. The molecular formula is C30H33N7O2S2. The van der Waals surface area contributed by atoms with E-state index < -0.39 is 10.0 Å². The molecule has 0 radical (unpaired) electrons. The topological polar surface area (TPSA) is 119 Å². The zero-order valence-corrected chi connectivity index (χ0v) is 25.0. The number of nitrogen functional groups attached to an aromatic ring is 1. The van der Waals surface area contributed by atoms with Crippen molar-refractivity contribution >= 4 is 38.1 Å². The third kappa shape index (κ3) is 6.20. The Balaban J connectivity index is 1.34. The number of hydrogen-bond acceptors (Lipinski definition) is 9. The van der Waals surface area contributed by atoms with Crippen molar-refractivity contribution in [1.82, 2.24) is 13.7 Å². The summed E-state index contributed by atoms with van der Waals surface area (Å²) in [4.78, 5) is 9.17. The summed E-state index contributed by atoms with van der Waals surface area (Å²) in [6.07, 6.45) is 0.734. The molecule has 11 heteroatoms. The van der Waals surface area contributed by atoms with E-state index in [0.717, 1.165) is 34.2 Å². The van der Waals surface area contributed by atoms with E-state index in [0.29, 0.717) is 31.9 Å². The number of aromatic nitrogens is 2. The van der Waals surface area contributed by atoms with Crippen LogP contribution in [-0.4, -0.2) is 62.4 Å². The summed E-state index contributed by atoms with van der Waals surface area (Å²) in [6, 6.07) is 23.2. The Bertz CT molecular complexity index is 1650. The summed E-state index contributed by atoms with van der Waals surface area (Å²) in [5.41, 5.74) is 11.0. The molecule has 0 aliphatic carbocycles. The number of aryl methyl sites for hydroxylation is 1. The molecule has 9 nitrogen and oxygen atoms in total. The molecule has 0 bridgehead atoms. The van der Waals surface area contributed by atoms with Crippen molar-refractivity contribution in [2.75, 3.05) is 55.8 Å². The summed E-state index contributed by atoms with van der Waals surface area (Å²) in [7, 11) is 0.259. The van der Waals surface area contributed by atoms with Crippen molar-refractivity contribution in [1.29, 1.82) is 5.26 Å². The first kappa shape index (κ1) is 28.5. The number of benzene rings is 3. The zero-order chi connectivity index (χ0) is 29.1. The number of nitrogens with two attached hydrogens (primary N) is 1. The molecule has 41 heavy (non-hydrogen) atoms. The standard InChI is InChI=1S/C30H33N7O2S2/c1-21-4-7-24(20-31)28(18-21)41(38,39)37-16-14-36(15-17-37)30-33-29(34-40-30)27(23-8-10-25(32)11-9-23)19-22-5-12-26(13-6-22)35(2)3/h4-13,18,27H,14-17,19,32H2,1-3H3. The van der Waals surface area contributed by atoms with Crippen LogP contribution in [0.3, 0.4) is 0 Å². The lowest BCUT2D eigenvalue weighted by atomic mass is 9.91. The van der Waals surface area contributed by atoms with E-state index in [9.17, 15) is 13.7 Å². The van der Waals surface area contributed by atoms with E-state index in [-0.39, 0.29) is 16.4 Å². The molecule has 1 fully saturated rings. The number of nitrogens with zero attached hydrogens (tertiary/aromatic N) is 6. The molecule has 1 atom stereocenters. The Kier molecular flexibility index (Phi) is 8.26. The highest BCUT2D eigenvalue weighted by Gasteiger charge is 2.32. The Morgan fingerprint density at radius 2 is 1.71 bits per heavy atom. The molecule has 4 aromatic rings. The normalized spacial score (nSPS) is 14.9. The Morgan fingerprint density at radius 1 is 1.02 bits per heavy atom. The van der Waals surface area contributed by atoms with E-state index in [4.69, 9.17) is 15.1 Å². The molecule has 1 unspecified atom stereocenters. The fourth-order valence-corrected chi connectivity index (χ4v) is 7.37. The van der Waals surface area contributed by atoms with Crippen LogP contribution in [0.1, 0.15) is 34.0 Å². The Morgan fingerprint density at radius 3 is 2.34 bits per heavy atom. The first-order valence-corrected chi connectivity index (χ1v) is 15.6. The Labute approximate surface area is 245 Å². The summed E-state index contributed by atoms with van der Waals surface area (Å²) in [6.45, 7) is 3.40. The molecular weight excluding hydrogens is 555 g/mol. The molecule has 1 saturated heterocycles. The number of hydrogen-bond donors (Lipinski definition) is 1. The van der Waals surface area contributed by atoms with Crippen LogP contribution < -0.4 is 15.5 Å². The maximum atomic E-state index is 13.4. The Hall–Kier alpha value is -3.98. The molecule has 1 aromatic heterocycles. The summed E-state index contributed by atoms with van der Waals surface area (Å²) >= 11 is 1.33. The molecule has 1 aliphatic rings. The van der Waals surface area contributed by atoms with Gasteiger partial charge in [-0.3, -0.25) is 0 Å². The van der Waals surface area contributed by atoms with Gasteiger partial charge in [-0.15, -0.1) is 0 Å². The minimum absolute atomic E-state index is 0.0572. The van der Waals surface area contributed by atoms with E-state index in [1.54, 1.807) is 18.2 Å². The lowest BCUT2D eigenvalue weighted by molar-refractivity contribution is 0.384. The van der Waals surface area contributed by atoms with Crippen LogP contribution in [0.2, 0.25) is 0 Å². The molecule has 0 saturated carbocycles. The first-order valence-electron chi connectivity index (χ1n) is 13.4. The maximum absolute atomic E-state index is 13.4. The van der Waals surface area contributed by atoms with Gasteiger partial charge in [-0.1, -0.05) is 30.3 Å². The average Bonchev–Trinajstić information content (AvgIpc) is 3.47. The monoisotopic (exact) mass is 587 g/mol. The number of sulfonamides is 1. The van der Waals surface area contributed by atoms with Gasteiger partial charge in [-0.25, -0.2) is 13.4 Å². The molecule has 2 heterocycles. The third-order valence-electron chi connectivity index (χ3n) is 7.36. The highest BCUT2D eigenvalue weighted by Crippen LogP contribution is 2.32. The predicted molar refractivity (Wildman–Crippen MR) is 164 cm³/mol. The maximum Gasteiger partial charge on any atom is 0.244 e. The van der Waals surface area contributed by atoms with Gasteiger partial charge in [0.25, 0.3) is 0 Å². The van der Waals surface area contributed by atoms with Gasteiger partial charge in [0.2, 0.25) is 15.2 Å². The summed E-state index contributed by atoms with van der Waals surface area (Å²) in [5, 5.41) is 10.2. The number of anilines is 3. The minimum Gasteiger partial charge on any atom is -0.399 e. The van der Waals surface area contributed by atoms with Crippen LogP contribution in [-0.2, 0) is 16.4 Å². The number of piperazine rings is 1. The van der Waals surface area contributed by atoms with Crippen LogP contribution in [0.5, 0.6) is 0 Å². The molecule has 5 rings (SSSR count). The van der Waals surface area contributed by atoms with Crippen LogP contribution >= 0.6 is 11.5 Å². The molecule has 0 amide bonds. The van der Waals surface area contributed by atoms with Crippen LogP contribution in [0, 0.1) is 18.3 Å². The van der Waals surface area contributed by atoms with Crippen LogP contribution in [0.15, 0.2) is 71.6 Å². The third-order valence-corrected chi connectivity index (χ3v) is 10.1. The lowest BCUT2D eigenvalue weighted by Crippen LogP contribution is -2.48. The van der Waals surface area contributed by atoms with Gasteiger partial charge >= 0.3 is 0 Å². The van der Waals surface area contributed by atoms with E-state index in [2.05, 4.69) is 34.1 Å². The van der Waals surface area contributed by atoms with Crippen LogP contribution in [0.4, 0.5) is 16.5 Å². The van der Waals surface area contributed by atoms with Crippen molar-refractivity contribution in [2.45, 2.75) is 24.2 Å². The quantitative estimate of drug-likeness (QED) is 0.304. The van der Waals surface area contributed by atoms with Crippen molar-refractivity contribution in [3.63, 3.8) is 0 Å². The largest absolute Gasteiger partial charge is 0.399 e. The van der Waals surface area contributed by atoms with E-state index >= 15 is 0 Å². The molecule has 2 N–H and O–H groups in total. The van der Waals surface area contributed by atoms with Gasteiger partial charge < -0.3 is 15.5 Å². The predicted octanol–water partition coefficient (Wildman–Crippen LogP) is 4.25. The fraction of sp³-hybridized carbons (Fsp3) is 0.300. The average molecular weight is 588 g/mol. The lowest BCUT2D eigenvalue weighted by Gasteiger charge is -2.33. The van der Waals surface area contributed by atoms with Gasteiger partial charge in [0, 0.05) is 69.1 Å². The second kappa shape index (κ2) is 11.9.